The topological polar surface area (TPSA) is 63.3 Å². The van der Waals surface area contributed by atoms with E-state index in [1.807, 2.05) is 13.0 Å². The molecule has 0 aliphatic heterocycles. The molecule has 3 rings (SSSR count). The molecule has 0 radical (unpaired) electrons. The van der Waals surface area contributed by atoms with Crippen molar-refractivity contribution in [1.29, 1.82) is 0 Å². The van der Waals surface area contributed by atoms with Gasteiger partial charge in [-0.05, 0) is 43.0 Å². The molecule has 120 valence electrons. The lowest BCUT2D eigenvalue weighted by Crippen LogP contribution is -2.10. The second kappa shape index (κ2) is 5.98. The molecule has 0 fully saturated rings. The van der Waals surface area contributed by atoms with Crippen LogP contribution < -0.4 is 5.22 Å². The summed E-state index contributed by atoms with van der Waals surface area (Å²) >= 11 is 12.0. The molecule has 0 amide bonds. The first-order chi connectivity index (χ1) is 10.8. The molecule has 23 heavy (non-hydrogen) atoms. The molecule has 2 aromatic heterocycles. The van der Waals surface area contributed by atoms with Crippen LogP contribution in [0.2, 0.25) is 10.0 Å². The summed E-state index contributed by atoms with van der Waals surface area (Å²) in [5, 5.41) is 19.8. The van der Waals surface area contributed by atoms with Crippen molar-refractivity contribution in [2.45, 2.75) is 27.2 Å². The average molecular weight is 351 g/mol. The maximum absolute atomic E-state index is 9.69. The first-order valence-corrected chi connectivity index (χ1v) is 8.02. The average Bonchev–Trinajstić information content (AvgIpc) is 2.93. The number of aryl methyl sites for hydroxylation is 1. The highest BCUT2D eigenvalue weighted by atomic mass is 35.5. The Morgan fingerprint density at radius 3 is 2.48 bits per heavy atom. The fourth-order valence-corrected chi connectivity index (χ4v) is 2.96. The van der Waals surface area contributed by atoms with Crippen LogP contribution in [0.3, 0.4) is 0 Å². The van der Waals surface area contributed by atoms with Crippen LogP contribution in [-0.4, -0.2) is 24.9 Å². The molecule has 0 aliphatic rings. The zero-order chi connectivity index (χ0) is 16.7. The van der Waals surface area contributed by atoms with Crippen LogP contribution in [0.4, 0.5) is 0 Å². The molecule has 0 spiro atoms. The van der Waals surface area contributed by atoms with Gasteiger partial charge in [-0.25, -0.2) is 4.98 Å². The number of nitrogens with zero attached hydrogens (tertiary/aromatic N) is 4. The summed E-state index contributed by atoms with van der Waals surface area (Å²) in [7, 11) is 0. The minimum Gasteiger partial charge on any atom is -0.505 e. The summed E-state index contributed by atoms with van der Waals surface area (Å²) in [6.07, 6.45) is 2.74. The molecule has 1 N–H and O–H groups in total. The smallest absolute Gasteiger partial charge is 0.185 e. The third kappa shape index (κ3) is 3.12. The molecule has 2 heterocycles. The van der Waals surface area contributed by atoms with Gasteiger partial charge in [-0.3, -0.25) is 0 Å². The molecule has 0 bridgehead atoms. The van der Waals surface area contributed by atoms with Gasteiger partial charge in [0, 0.05) is 5.22 Å². The number of phenols is 1. The quantitative estimate of drug-likeness (QED) is 0.787. The van der Waals surface area contributed by atoms with E-state index in [-0.39, 0.29) is 15.8 Å². The molecule has 0 saturated carbocycles. The monoisotopic (exact) mass is 350 g/mol. The van der Waals surface area contributed by atoms with Crippen molar-refractivity contribution in [2.24, 2.45) is 5.92 Å². The maximum Gasteiger partial charge on any atom is 0.185 e. The zero-order valence-electron chi connectivity index (χ0n) is 13.0. The van der Waals surface area contributed by atoms with Crippen LogP contribution in [-0.2, 0) is 6.42 Å². The Kier molecular flexibility index (Phi) is 4.17. The number of halogens is 2. The number of hydrogen-bond acceptors (Lipinski definition) is 4. The van der Waals surface area contributed by atoms with Gasteiger partial charge in [0.2, 0.25) is 0 Å². The predicted octanol–water partition coefficient (Wildman–Crippen LogP) is 3.19. The molecule has 3 aromatic rings. The number of benzene rings is 1. The number of aromatic hydroxyl groups is 1. The zero-order valence-corrected chi connectivity index (χ0v) is 14.5. The second-order valence-corrected chi connectivity index (χ2v) is 6.72. The van der Waals surface area contributed by atoms with Crippen LogP contribution in [0.25, 0.3) is 11.7 Å². The van der Waals surface area contributed by atoms with Crippen LogP contribution in [0.1, 0.15) is 30.9 Å². The minimum atomic E-state index is -0.114. The molecule has 7 heteroatoms. The molecular weight excluding hydrogens is 335 g/mol. The Morgan fingerprint density at radius 1 is 1.22 bits per heavy atom. The van der Waals surface area contributed by atoms with Crippen LogP contribution >= 0.6 is 23.2 Å². The number of fused-ring (bicyclic) bond motifs is 1. The van der Waals surface area contributed by atoms with E-state index in [9.17, 15) is 5.11 Å². The maximum atomic E-state index is 9.69. The second-order valence-electron chi connectivity index (χ2n) is 5.91. The third-order valence-corrected chi connectivity index (χ3v) is 3.99. The SMILES string of the molecule is Cc1nc2c(=Cc3cc(Cl)c(O)c(Cl)c3)c(CC(C)C)nn2n1. The van der Waals surface area contributed by atoms with E-state index < -0.39 is 0 Å². The van der Waals surface area contributed by atoms with Crippen molar-refractivity contribution >= 4 is 34.9 Å². The van der Waals surface area contributed by atoms with Crippen molar-refractivity contribution in [3.63, 3.8) is 0 Å². The fourth-order valence-electron chi connectivity index (χ4n) is 2.46. The van der Waals surface area contributed by atoms with E-state index in [0.717, 1.165) is 22.9 Å². The molecule has 0 unspecified atom stereocenters. The standard InChI is InChI=1S/C16H16Cl2N4O/c1-8(2)4-14-11(16-19-9(3)20-22(16)21-14)5-10-6-12(17)15(23)13(18)7-10/h5-8,23H,4H2,1-3H3. The molecule has 0 atom stereocenters. The van der Waals surface area contributed by atoms with Crippen LogP contribution in [0, 0.1) is 12.8 Å². The lowest BCUT2D eigenvalue weighted by molar-refractivity contribution is 0.476. The normalized spacial score (nSPS) is 12.7. The van der Waals surface area contributed by atoms with E-state index in [1.165, 1.54) is 0 Å². The molecule has 5 nitrogen and oxygen atoms in total. The van der Waals surface area contributed by atoms with Gasteiger partial charge in [-0.2, -0.15) is 5.10 Å². The highest BCUT2D eigenvalue weighted by Crippen LogP contribution is 2.32. The van der Waals surface area contributed by atoms with E-state index >= 15 is 0 Å². The summed E-state index contributed by atoms with van der Waals surface area (Å²) in [6, 6.07) is 3.32. The number of phenolic OH excluding ortho intramolecular Hbond substituents is 1. The Hall–Kier alpha value is -1.85. The van der Waals surface area contributed by atoms with Gasteiger partial charge in [0.05, 0.1) is 15.7 Å². The fraction of sp³-hybridized carbons (Fsp3) is 0.312. The van der Waals surface area contributed by atoms with Gasteiger partial charge >= 0.3 is 0 Å². The summed E-state index contributed by atoms with van der Waals surface area (Å²) in [5.41, 5.74) is 2.41. The Bertz CT molecular complexity index is 910. The molecular formula is C16H16Cl2N4O. The lowest BCUT2D eigenvalue weighted by atomic mass is 10.1. The summed E-state index contributed by atoms with van der Waals surface area (Å²) in [5.74, 6) is 1.01. The van der Waals surface area contributed by atoms with Gasteiger partial charge in [-0.15, -0.1) is 9.73 Å². The van der Waals surface area contributed by atoms with Crippen LogP contribution in [0.15, 0.2) is 12.1 Å². The first-order valence-electron chi connectivity index (χ1n) is 7.27. The summed E-state index contributed by atoms with van der Waals surface area (Å²) in [4.78, 5) is 4.44. The first kappa shape index (κ1) is 16.0. The Morgan fingerprint density at radius 2 is 1.87 bits per heavy atom. The van der Waals surface area contributed by atoms with E-state index in [0.29, 0.717) is 17.4 Å². The largest absolute Gasteiger partial charge is 0.505 e. The molecule has 1 aromatic carbocycles. The highest BCUT2D eigenvalue weighted by molar-refractivity contribution is 6.37. The third-order valence-electron chi connectivity index (χ3n) is 3.42. The van der Waals surface area contributed by atoms with Crippen molar-refractivity contribution in [3.05, 3.63) is 44.5 Å². The minimum absolute atomic E-state index is 0.114. The molecule has 0 saturated heterocycles. The Balaban J connectivity index is 2.24. The number of rotatable bonds is 3. The van der Waals surface area contributed by atoms with E-state index in [1.54, 1.807) is 16.8 Å². The van der Waals surface area contributed by atoms with Crippen molar-refractivity contribution in [1.82, 2.24) is 19.8 Å². The van der Waals surface area contributed by atoms with Crippen molar-refractivity contribution < 1.29 is 5.11 Å². The molecule has 0 aliphatic carbocycles. The Labute approximate surface area is 143 Å². The number of aromatic nitrogens is 4. The van der Waals surface area contributed by atoms with Crippen molar-refractivity contribution in [3.8, 4) is 5.75 Å². The van der Waals surface area contributed by atoms with Gasteiger partial charge in [0.1, 0.15) is 5.82 Å². The van der Waals surface area contributed by atoms with Gasteiger partial charge in [0.15, 0.2) is 11.4 Å². The lowest BCUT2D eigenvalue weighted by Gasteiger charge is -2.02. The van der Waals surface area contributed by atoms with Gasteiger partial charge in [0.25, 0.3) is 0 Å². The van der Waals surface area contributed by atoms with E-state index in [2.05, 4.69) is 29.0 Å². The van der Waals surface area contributed by atoms with Gasteiger partial charge < -0.3 is 5.11 Å². The van der Waals surface area contributed by atoms with Crippen LogP contribution in [0.5, 0.6) is 5.75 Å². The summed E-state index contributed by atoms with van der Waals surface area (Å²) < 4.78 is 1.56. The number of hydrogen-bond donors (Lipinski definition) is 1. The van der Waals surface area contributed by atoms with E-state index in [4.69, 9.17) is 23.2 Å². The predicted molar refractivity (Wildman–Crippen MR) is 91.0 cm³/mol. The highest BCUT2D eigenvalue weighted by Gasteiger charge is 2.13. The van der Waals surface area contributed by atoms with Gasteiger partial charge in [-0.1, -0.05) is 37.0 Å². The van der Waals surface area contributed by atoms with Crippen molar-refractivity contribution in [2.75, 3.05) is 0 Å². The summed E-state index contributed by atoms with van der Waals surface area (Å²) in [6.45, 7) is 6.09.